The second kappa shape index (κ2) is 8.19. The summed E-state index contributed by atoms with van der Waals surface area (Å²) >= 11 is 0. The number of amides is 2. The Balaban J connectivity index is 1.44. The molecule has 138 valence electrons. The van der Waals surface area contributed by atoms with E-state index in [1.165, 1.54) is 12.8 Å². The highest BCUT2D eigenvalue weighted by atomic mass is 16.4. The summed E-state index contributed by atoms with van der Waals surface area (Å²) in [6, 6.07) is 9.35. The van der Waals surface area contributed by atoms with Crippen molar-refractivity contribution in [1.82, 2.24) is 10.2 Å². The quantitative estimate of drug-likeness (QED) is 0.662. The van der Waals surface area contributed by atoms with Gasteiger partial charge in [-0.3, -0.25) is 9.69 Å². The molecule has 2 fully saturated rings. The normalized spacial score (nSPS) is 21.5. The van der Waals surface area contributed by atoms with Gasteiger partial charge in [0.05, 0.1) is 19.0 Å². The number of carbonyl (C=O) groups is 2. The van der Waals surface area contributed by atoms with Crippen molar-refractivity contribution in [3.05, 3.63) is 29.8 Å². The van der Waals surface area contributed by atoms with Crippen LogP contribution in [0.5, 0.6) is 0 Å². The average Bonchev–Trinajstić information content (AvgIpc) is 3.34. The predicted molar refractivity (Wildman–Crippen MR) is 96.7 cm³/mol. The van der Waals surface area contributed by atoms with Crippen LogP contribution in [0, 0.1) is 17.2 Å². The predicted octanol–water partition coefficient (Wildman–Crippen LogP) is 2.20. The largest absolute Gasteiger partial charge is 0.480 e. The lowest BCUT2D eigenvalue weighted by molar-refractivity contribution is -0.139. The standard InChI is InChI=1S/C19H24N4O3/c20-7-6-13-2-1-3-15(8-13)21-19(26)22-16-9-17(10-16)23(12-18(24)25)11-14-4-5-14/h1-3,8,14,16-17H,4-6,9-12H2,(H,24,25)(H2,21,22,26). The minimum Gasteiger partial charge on any atom is -0.480 e. The maximum absolute atomic E-state index is 12.1. The Morgan fingerprint density at radius 1 is 1.31 bits per heavy atom. The van der Waals surface area contributed by atoms with Gasteiger partial charge in [0, 0.05) is 24.3 Å². The van der Waals surface area contributed by atoms with Gasteiger partial charge in [-0.15, -0.1) is 0 Å². The molecule has 3 N–H and O–H groups in total. The SMILES string of the molecule is N#CCc1cccc(NC(=O)NC2CC(N(CC(=O)O)CC3CC3)C2)c1. The number of carbonyl (C=O) groups excluding carboxylic acids is 1. The van der Waals surface area contributed by atoms with Crippen molar-refractivity contribution < 1.29 is 14.7 Å². The number of aliphatic carboxylic acids is 1. The van der Waals surface area contributed by atoms with Crippen LogP contribution in [0.25, 0.3) is 0 Å². The number of benzene rings is 1. The molecule has 2 amide bonds. The van der Waals surface area contributed by atoms with Gasteiger partial charge in [0.25, 0.3) is 0 Å². The number of urea groups is 1. The van der Waals surface area contributed by atoms with Gasteiger partial charge in [-0.25, -0.2) is 4.79 Å². The van der Waals surface area contributed by atoms with Crippen LogP contribution in [0.4, 0.5) is 10.5 Å². The second-order valence-corrected chi connectivity index (χ2v) is 7.22. The van der Waals surface area contributed by atoms with Crippen LogP contribution in [0.3, 0.4) is 0 Å². The minimum atomic E-state index is -0.794. The van der Waals surface area contributed by atoms with E-state index in [1.54, 1.807) is 12.1 Å². The van der Waals surface area contributed by atoms with E-state index in [0.29, 0.717) is 18.0 Å². The number of nitriles is 1. The van der Waals surface area contributed by atoms with E-state index in [0.717, 1.165) is 24.9 Å². The Bertz CT molecular complexity index is 705. The fraction of sp³-hybridized carbons (Fsp3) is 0.526. The Labute approximate surface area is 153 Å². The molecule has 0 radical (unpaired) electrons. The molecule has 0 spiro atoms. The Kier molecular flexibility index (Phi) is 5.74. The molecule has 3 rings (SSSR count). The van der Waals surface area contributed by atoms with Gasteiger partial charge in [-0.2, -0.15) is 5.26 Å². The molecule has 1 aromatic rings. The first kappa shape index (κ1) is 18.2. The smallest absolute Gasteiger partial charge is 0.319 e. The summed E-state index contributed by atoms with van der Waals surface area (Å²) in [6.07, 6.45) is 4.25. The number of hydrogen-bond acceptors (Lipinski definition) is 4. The molecule has 0 unspecified atom stereocenters. The fourth-order valence-corrected chi connectivity index (χ4v) is 3.36. The first-order valence-electron chi connectivity index (χ1n) is 9.02. The van der Waals surface area contributed by atoms with Crippen LogP contribution < -0.4 is 10.6 Å². The number of carboxylic acids is 1. The molecule has 0 aliphatic heterocycles. The Morgan fingerprint density at radius 2 is 2.08 bits per heavy atom. The van der Waals surface area contributed by atoms with Crippen LogP contribution in [-0.4, -0.2) is 47.2 Å². The summed E-state index contributed by atoms with van der Waals surface area (Å²) in [5.41, 5.74) is 1.52. The highest BCUT2D eigenvalue weighted by Gasteiger charge is 2.37. The van der Waals surface area contributed by atoms with Crippen molar-refractivity contribution in [2.75, 3.05) is 18.4 Å². The Hall–Kier alpha value is -2.59. The monoisotopic (exact) mass is 356 g/mol. The van der Waals surface area contributed by atoms with Crippen LogP contribution >= 0.6 is 0 Å². The molecule has 0 saturated heterocycles. The van der Waals surface area contributed by atoms with Gasteiger partial charge in [-0.05, 0) is 49.3 Å². The number of anilines is 1. The van der Waals surface area contributed by atoms with Gasteiger partial charge in [-0.1, -0.05) is 12.1 Å². The zero-order chi connectivity index (χ0) is 18.5. The number of nitrogens with zero attached hydrogens (tertiary/aromatic N) is 2. The van der Waals surface area contributed by atoms with Crippen LogP contribution in [0.15, 0.2) is 24.3 Å². The zero-order valence-electron chi connectivity index (χ0n) is 14.6. The van der Waals surface area contributed by atoms with Crippen molar-refractivity contribution in [2.24, 2.45) is 5.92 Å². The van der Waals surface area contributed by atoms with E-state index in [1.807, 2.05) is 17.0 Å². The van der Waals surface area contributed by atoms with Crippen molar-refractivity contribution in [3.8, 4) is 6.07 Å². The highest BCUT2D eigenvalue weighted by Crippen LogP contribution is 2.33. The van der Waals surface area contributed by atoms with Gasteiger partial charge >= 0.3 is 12.0 Å². The van der Waals surface area contributed by atoms with Crippen LogP contribution in [0.2, 0.25) is 0 Å². The molecule has 2 aliphatic carbocycles. The first-order valence-corrected chi connectivity index (χ1v) is 9.02. The van der Waals surface area contributed by atoms with E-state index in [4.69, 9.17) is 10.4 Å². The topological polar surface area (TPSA) is 105 Å². The number of rotatable bonds is 8. The first-order chi connectivity index (χ1) is 12.5. The molecule has 7 nitrogen and oxygen atoms in total. The summed E-state index contributed by atoms with van der Waals surface area (Å²) in [4.78, 5) is 25.2. The van der Waals surface area contributed by atoms with Crippen molar-refractivity contribution in [2.45, 2.75) is 44.2 Å². The molecule has 26 heavy (non-hydrogen) atoms. The highest BCUT2D eigenvalue weighted by molar-refractivity contribution is 5.89. The lowest BCUT2D eigenvalue weighted by Gasteiger charge is -2.42. The molecule has 0 bridgehead atoms. The van der Waals surface area contributed by atoms with E-state index in [2.05, 4.69) is 16.7 Å². The average molecular weight is 356 g/mol. The van der Waals surface area contributed by atoms with Crippen molar-refractivity contribution in [3.63, 3.8) is 0 Å². The summed E-state index contributed by atoms with van der Waals surface area (Å²) in [5.74, 6) is -0.151. The number of carboxylic acid groups (broad SMARTS) is 1. The third-order valence-electron chi connectivity index (χ3n) is 4.96. The third-order valence-corrected chi connectivity index (χ3v) is 4.96. The van der Waals surface area contributed by atoms with Gasteiger partial charge in [0.2, 0.25) is 0 Å². The third kappa shape index (κ3) is 5.20. The molecule has 2 saturated carbocycles. The zero-order valence-corrected chi connectivity index (χ0v) is 14.6. The van der Waals surface area contributed by atoms with Gasteiger partial charge < -0.3 is 15.7 Å². The Morgan fingerprint density at radius 3 is 2.73 bits per heavy atom. The molecular weight excluding hydrogens is 332 g/mol. The van der Waals surface area contributed by atoms with Gasteiger partial charge in [0.1, 0.15) is 0 Å². The second-order valence-electron chi connectivity index (χ2n) is 7.22. The molecule has 7 heteroatoms. The molecule has 0 aromatic heterocycles. The van der Waals surface area contributed by atoms with E-state index in [9.17, 15) is 9.59 Å². The maximum atomic E-state index is 12.1. The molecule has 1 aromatic carbocycles. The lowest BCUT2D eigenvalue weighted by Crippen LogP contribution is -2.55. The molecular formula is C19H24N4O3. The maximum Gasteiger partial charge on any atom is 0.319 e. The molecule has 2 aliphatic rings. The summed E-state index contributed by atoms with van der Waals surface area (Å²) in [5, 5.41) is 23.5. The summed E-state index contributed by atoms with van der Waals surface area (Å²) < 4.78 is 0. The fourth-order valence-electron chi connectivity index (χ4n) is 3.36. The minimum absolute atomic E-state index is 0.0674. The van der Waals surface area contributed by atoms with Gasteiger partial charge in [0.15, 0.2) is 0 Å². The number of hydrogen-bond donors (Lipinski definition) is 3. The molecule has 0 heterocycles. The summed E-state index contributed by atoms with van der Waals surface area (Å²) in [6.45, 7) is 0.924. The summed E-state index contributed by atoms with van der Waals surface area (Å²) in [7, 11) is 0. The van der Waals surface area contributed by atoms with Crippen molar-refractivity contribution >= 4 is 17.7 Å². The van der Waals surface area contributed by atoms with Crippen molar-refractivity contribution in [1.29, 1.82) is 5.26 Å². The van der Waals surface area contributed by atoms with E-state index in [-0.39, 0.29) is 24.7 Å². The van der Waals surface area contributed by atoms with E-state index < -0.39 is 5.97 Å². The lowest BCUT2D eigenvalue weighted by atomic mass is 9.85. The molecule has 0 atom stereocenters. The van der Waals surface area contributed by atoms with E-state index >= 15 is 0 Å². The number of nitrogens with one attached hydrogen (secondary N) is 2. The van der Waals surface area contributed by atoms with Crippen LogP contribution in [0.1, 0.15) is 31.2 Å². The van der Waals surface area contributed by atoms with Crippen LogP contribution in [-0.2, 0) is 11.2 Å².